The van der Waals surface area contributed by atoms with Gasteiger partial charge in [0.2, 0.25) is 0 Å². The van der Waals surface area contributed by atoms with Gasteiger partial charge in [-0.05, 0) is 42.0 Å². The van der Waals surface area contributed by atoms with Crippen LogP contribution in [0.1, 0.15) is 17.4 Å². The maximum absolute atomic E-state index is 13.4. The molecule has 0 aliphatic rings. The quantitative estimate of drug-likeness (QED) is 0.797. The molecule has 3 nitrogen and oxygen atoms in total. The lowest BCUT2D eigenvalue weighted by molar-refractivity contribution is 0.191. The average molecular weight is 290 g/mol. The predicted octanol–water partition coefficient (Wildman–Crippen LogP) is 3.80. The lowest BCUT2D eigenvalue weighted by Gasteiger charge is -2.10. The minimum atomic E-state index is -1.09. The van der Waals surface area contributed by atoms with Crippen LogP contribution in [0.2, 0.25) is 0 Å². The summed E-state index contributed by atoms with van der Waals surface area (Å²) in [6, 6.07) is 9.69. The molecule has 0 bridgehead atoms. The SMILES string of the molecule is COc1cc(C(O)c2cc3cc(F)ccc3o2)ccc1F. The Hall–Kier alpha value is -2.40. The summed E-state index contributed by atoms with van der Waals surface area (Å²) >= 11 is 0. The molecule has 108 valence electrons. The zero-order valence-electron chi connectivity index (χ0n) is 11.1. The number of ether oxygens (including phenoxy) is 1. The Labute approximate surface area is 119 Å². The molecule has 1 aromatic heterocycles. The van der Waals surface area contributed by atoms with Crippen molar-refractivity contribution in [1.82, 2.24) is 0 Å². The summed E-state index contributed by atoms with van der Waals surface area (Å²) in [5.74, 6) is -0.606. The van der Waals surface area contributed by atoms with E-state index in [0.29, 0.717) is 16.5 Å². The second-order valence-corrected chi connectivity index (χ2v) is 4.63. The summed E-state index contributed by atoms with van der Waals surface area (Å²) in [6.45, 7) is 0. The van der Waals surface area contributed by atoms with Crippen molar-refractivity contribution in [3.63, 3.8) is 0 Å². The van der Waals surface area contributed by atoms with Crippen molar-refractivity contribution in [3.05, 3.63) is 65.4 Å². The molecule has 5 heteroatoms. The lowest BCUT2D eigenvalue weighted by atomic mass is 10.1. The van der Waals surface area contributed by atoms with Gasteiger partial charge < -0.3 is 14.3 Å². The van der Waals surface area contributed by atoms with E-state index in [9.17, 15) is 13.9 Å². The summed E-state index contributed by atoms with van der Waals surface area (Å²) in [7, 11) is 1.35. The van der Waals surface area contributed by atoms with Crippen LogP contribution in [0.25, 0.3) is 11.0 Å². The van der Waals surface area contributed by atoms with E-state index in [0.717, 1.165) is 0 Å². The molecule has 1 heterocycles. The van der Waals surface area contributed by atoms with E-state index < -0.39 is 11.9 Å². The minimum Gasteiger partial charge on any atom is -0.494 e. The first kappa shape index (κ1) is 13.6. The fraction of sp³-hybridized carbons (Fsp3) is 0.125. The second kappa shape index (κ2) is 5.18. The number of hydrogen-bond donors (Lipinski definition) is 1. The molecule has 1 N–H and O–H groups in total. The standard InChI is InChI=1S/C16H12F2O3/c1-20-14-7-9(2-4-12(14)18)16(19)15-8-10-6-11(17)3-5-13(10)21-15/h2-8,16,19H,1H3. The average Bonchev–Trinajstić information content (AvgIpc) is 2.90. The number of methoxy groups -OCH3 is 1. The number of furan rings is 1. The van der Waals surface area contributed by atoms with E-state index in [1.807, 2.05) is 0 Å². The summed E-state index contributed by atoms with van der Waals surface area (Å²) in [5, 5.41) is 10.9. The molecule has 21 heavy (non-hydrogen) atoms. The van der Waals surface area contributed by atoms with E-state index in [-0.39, 0.29) is 17.3 Å². The minimum absolute atomic E-state index is 0.0358. The molecule has 1 atom stereocenters. The molecule has 0 amide bonds. The van der Waals surface area contributed by atoms with E-state index in [1.165, 1.54) is 43.5 Å². The Morgan fingerprint density at radius 1 is 1.10 bits per heavy atom. The van der Waals surface area contributed by atoms with Gasteiger partial charge in [-0.25, -0.2) is 8.78 Å². The van der Waals surface area contributed by atoms with Gasteiger partial charge in [0.05, 0.1) is 7.11 Å². The summed E-state index contributed by atoms with van der Waals surface area (Å²) in [6.07, 6.45) is -1.09. The monoisotopic (exact) mass is 290 g/mol. The molecule has 0 saturated carbocycles. The van der Waals surface area contributed by atoms with Crippen molar-refractivity contribution in [1.29, 1.82) is 0 Å². The van der Waals surface area contributed by atoms with Crippen LogP contribution in [0.4, 0.5) is 8.78 Å². The lowest BCUT2D eigenvalue weighted by Crippen LogP contribution is -1.99. The van der Waals surface area contributed by atoms with E-state index >= 15 is 0 Å². The van der Waals surface area contributed by atoms with E-state index in [2.05, 4.69) is 0 Å². The Kier molecular flexibility index (Phi) is 3.35. The molecule has 0 spiro atoms. The van der Waals surface area contributed by atoms with Crippen LogP contribution >= 0.6 is 0 Å². The molecule has 1 unspecified atom stereocenters. The third kappa shape index (κ3) is 2.48. The van der Waals surface area contributed by atoms with Gasteiger partial charge in [-0.1, -0.05) is 6.07 Å². The van der Waals surface area contributed by atoms with Crippen molar-refractivity contribution < 1.29 is 23.0 Å². The van der Waals surface area contributed by atoms with Gasteiger partial charge in [0.15, 0.2) is 11.6 Å². The van der Waals surface area contributed by atoms with Crippen molar-refractivity contribution >= 4 is 11.0 Å². The molecule has 0 fully saturated rings. The van der Waals surface area contributed by atoms with Crippen molar-refractivity contribution in [2.45, 2.75) is 6.10 Å². The number of aliphatic hydroxyl groups is 1. The topological polar surface area (TPSA) is 42.6 Å². The molecule has 3 aromatic rings. The fourth-order valence-electron chi connectivity index (χ4n) is 2.18. The Balaban J connectivity index is 2.01. The van der Waals surface area contributed by atoms with Crippen LogP contribution in [0.15, 0.2) is 46.9 Å². The Morgan fingerprint density at radius 3 is 2.67 bits per heavy atom. The third-order valence-electron chi connectivity index (χ3n) is 3.26. The number of rotatable bonds is 3. The molecule has 0 radical (unpaired) electrons. The van der Waals surface area contributed by atoms with Gasteiger partial charge in [-0.3, -0.25) is 0 Å². The Bertz CT molecular complexity index is 795. The second-order valence-electron chi connectivity index (χ2n) is 4.63. The summed E-state index contributed by atoms with van der Waals surface area (Å²) in [5.41, 5.74) is 0.896. The summed E-state index contributed by atoms with van der Waals surface area (Å²) in [4.78, 5) is 0. The van der Waals surface area contributed by atoms with Crippen LogP contribution in [0.3, 0.4) is 0 Å². The number of halogens is 2. The van der Waals surface area contributed by atoms with Gasteiger partial charge >= 0.3 is 0 Å². The molecule has 0 saturated heterocycles. The number of hydrogen-bond acceptors (Lipinski definition) is 3. The van der Waals surface area contributed by atoms with Crippen LogP contribution < -0.4 is 4.74 Å². The van der Waals surface area contributed by atoms with Gasteiger partial charge in [0.25, 0.3) is 0 Å². The number of benzene rings is 2. The van der Waals surface area contributed by atoms with Gasteiger partial charge in [0.1, 0.15) is 23.3 Å². The highest BCUT2D eigenvalue weighted by Gasteiger charge is 2.17. The first-order chi connectivity index (χ1) is 10.1. The molecule has 3 rings (SSSR count). The van der Waals surface area contributed by atoms with E-state index in [4.69, 9.17) is 9.15 Å². The van der Waals surface area contributed by atoms with Gasteiger partial charge in [-0.2, -0.15) is 0 Å². The maximum Gasteiger partial charge on any atom is 0.165 e. The highest BCUT2D eigenvalue weighted by molar-refractivity contribution is 5.78. The van der Waals surface area contributed by atoms with Crippen molar-refractivity contribution in [3.8, 4) is 5.75 Å². The maximum atomic E-state index is 13.4. The zero-order chi connectivity index (χ0) is 15.0. The van der Waals surface area contributed by atoms with Crippen LogP contribution in [-0.4, -0.2) is 12.2 Å². The first-order valence-corrected chi connectivity index (χ1v) is 6.29. The molecule has 0 aliphatic heterocycles. The highest BCUT2D eigenvalue weighted by atomic mass is 19.1. The molecular formula is C16H12F2O3. The van der Waals surface area contributed by atoms with Gasteiger partial charge in [0, 0.05) is 5.39 Å². The van der Waals surface area contributed by atoms with Gasteiger partial charge in [-0.15, -0.1) is 0 Å². The fourth-order valence-corrected chi connectivity index (χ4v) is 2.18. The molecular weight excluding hydrogens is 278 g/mol. The predicted molar refractivity (Wildman–Crippen MR) is 73.2 cm³/mol. The van der Waals surface area contributed by atoms with E-state index in [1.54, 1.807) is 6.07 Å². The number of fused-ring (bicyclic) bond motifs is 1. The normalized spacial score (nSPS) is 12.6. The smallest absolute Gasteiger partial charge is 0.165 e. The third-order valence-corrected chi connectivity index (χ3v) is 3.26. The van der Waals surface area contributed by atoms with Crippen molar-refractivity contribution in [2.75, 3.05) is 7.11 Å². The van der Waals surface area contributed by atoms with Crippen LogP contribution in [-0.2, 0) is 0 Å². The molecule has 2 aromatic carbocycles. The largest absolute Gasteiger partial charge is 0.494 e. The first-order valence-electron chi connectivity index (χ1n) is 6.29. The molecule has 0 aliphatic carbocycles. The highest BCUT2D eigenvalue weighted by Crippen LogP contribution is 2.30. The Morgan fingerprint density at radius 2 is 1.90 bits per heavy atom. The van der Waals surface area contributed by atoms with Crippen LogP contribution in [0.5, 0.6) is 5.75 Å². The van der Waals surface area contributed by atoms with Crippen LogP contribution in [0, 0.1) is 11.6 Å². The number of aliphatic hydroxyl groups excluding tert-OH is 1. The van der Waals surface area contributed by atoms with Crippen molar-refractivity contribution in [2.24, 2.45) is 0 Å². The zero-order valence-corrected chi connectivity index (χ0v) is 11.1. The summed E-state index contributed by atoms with van der Waals surface area (Å²) < 4.78 is 36.9.